The lowest BCUT2D eigenvalue weighted by Gasteiger charge is -2.14. The van der Waals surface area contributed by atoms with Crippen molar-refractivity contribution in [1.82, 2.24) is 0 Å². The minimum Gasteiger partial charge on any atom is -0.507 e. The van der Waals surface area contributed by atoms with E-state index in [4.69, 9.17) is 0 Å². The molecule has 0 radical (unpaired) electrons. The van der Waals surface area contributed by atoms with Crippen LogP contribution in [0.3, 0.4) is 0 Å². The smallest absolute Gasteiger partial charge is 0.341 e. The second kappa shape index (κ2) is 5.52. The summed E-state index contributed by atoms with van der Waals surface area (Å²) in [5.41, 5.74) is 3.24. The van der Waals surface area contributed by atoms with Crippen LogP contribution < -0.4 is 0 Å². The van der Waals surface area contributed by atoms with Gasteiger partial charge >= 0.3 is 5.97 Å². The molecule has 0 aliphatic heterocycles. The Labute approximate surface area is 109 Å². The molecule has 0 amide bonds. The average molecular weight is 334 g/mol. The second-order valence-corrected chi connectivity index (χ2v) is 4.70. The van der Waals surface area contributed by atoms with E-state index in [1.54, 1.807) is 6.07 Å². The zero-order valence-electron chi connectivity index (χ0n) is 9.63. The first kappa shape index (κ1) is 13.3. The molecule has 0 fully saturated rings. The number of alkyl halides is 1. The van der Waals surface area contributed by atoms with Crippen LogP contribution in [0.1, 0.15) is 27.0 Å². The Hall–Kier alpha value is -0.780. The van der Waals surface area contributed by atoms with Gasteiger partial charge in [-0.3, -0.25) is 0 Å². The predicted octanol–water partition coefficient (Wildman–Crippen LogP) is 2.77. The fourth-order valence-corrected chi connectivity index (χ4v) is 2.38. The van der Waals surface area contributed by atoms with Crippen LogP contribution in [0, 0.1) is 13.8 Å². The number of hydrogen-bond donors (Lipinski definition) is 1. The molecule has 0 saturated heterocycles. The van der Waals surface area contributed by atoms with Gasteiger partial charge in [0.05, 0.1) is 7.11 Å². The molecule has 1 N–H and O–H groups in total. The number of ether oxygens (including phenoxy) is 1. The lowest BCUT2D eigenvalue weighted by Crippen LogP contribution is -2.08. The molecule has 88 valence electrons. The van der Waals surface area contributed by atoms with E-state index in [-0.39, 0.29) is 11.3 Å². The van der Waals surface area contributed by atoms with Crippen molar-refractivity contribution in [2.45, 2.75) is 20.3 Å². The van der Waals surface area contributed by atoms with Crippen LogP contribution in [0.4, 0.5) is 0 Å². The highest BCUT2D eigenvalue weighted by molar-refractivity contribution is 14.1. The van der Waals surface area contributed by atoms with Crippen LogP contribution in [0.15, 0.2) is 6.07 Å². The zero-order chi connectivity index (χ0) is 12.3. The van der Waals surface area contributed by atoms with Crippen molar-refractivity contribution < 1.29 is 14.6 Å². The van der Waals surface area contributed by atoms with Crippen molar-refractivity contribution in [3.05, 3.63) is 28.3 Å². The second-order valence-electron chi connectivity index (χ2n) is 3.62. The molecule has 0 aromatic heterocycles. The number of aromatic hydroxyl groups is 1. The summed E-state index contributed by atoms with van der Waals surface area (Å²) >= 11 is 2.29. The normalized spacial score (nSPS) is 10.2. The Kier molecular flexibility index (Phi) is 4.58. The van der Waals surface area contributed by atoms with Gasteiger partial charge in [-0.15, -0.1) is 0 Å². The maximum Gasteiger partial charge on any atom is 0.341 e. The third-order valence-corrected chi connectivity index (χ3v) is 3.19. The molecule has 1 aromatic rings. The summed E-state index contributed by atoms with van der Waals surface area (Å²) < 4.78 is 5.65. The van der Waals surface area contributed by atoms with Gasteiger partial charge in [0.1, 0.15) is 11.3 Å². The van der Waals surface area contributed by atoms with Crippen molar-refractivity contribution in [3.63, 3.8) is 0 Å². The Bertz CT molecular complexity index is 413. The third-order valence-electron chi connectivity index (χ3n) is 2.65. The average Bonchev–Trinajstić information content (AvgIpc) is 2.23. The summed E-state index contributed by atoms with van der Waals surface area (Å²) in [6.07, 6.45) is 0.891. The summed E-state index contributed by atoms with van der Waals surface area (Å²) in [5.74, 6) is -0.483. The Morgan fingerprint density at radius 3 is 2.62 bits per heavy atom. The maximum atomic E-state index is 11.5. The molecule has 0 saturated carbocycles. The molecule has 0 aliphatic rings. The fraction of sp³-hybridized carbons (Fsp3) is 0.417. The van der Waals surface area contributed by atoms with Crippen LogP contribution >= 0.6 is 22.6 Å². The largest absolute Gasteiger partial charge is 0.507 e. The summed E-state index contributed by atoms with van der Waals surface area (Å²) in [5, 5.41) is 9.76. The molecule has 1 aromatic carbocycles. The number of phenolic OH excluding ortho intramolecular Hbond substituents is 1. The number of esters is 1. The lowest BCUT2D eigenvalue weighted by atomic mass is 9.95. The van der Waals surface area contributed by atoms with E-state index in [0.29, 0.717) is 0 Å². The number of carbonyl (C=O) groups excluding carboxylic acids is 1. The molecule has 0 atom stereocenters. The lowest BCUT2D eigenvalue weighted by molar-refractivity contribution is 0.0596. The van der Waals surface area contributed by atoms with E-state index in [1.165, 1.54) is 7.11 Å². The summed E-state index contributed by atoms with van der Waals surface area (Å²) in [4.78, 5) is 11.5. The molecule has 16 heavy (non-hydrogen) atoms. The topological polar surface area (TPSA) is 46.5 Å². The molecule has 0 spiro atoms. The minimum atomic E-state index is -0.482. The molecule has 0 heterocycles. The highest BCUT2D eigenvalue weighted by Crippen LogP contribution is 2.28. The molecule has 3 nitrogen and oxygen atoms in total. The van der Waals surface area contributed by atoms with E-state index in [0.717, 1.165) is 27.5 Å². The van der Waals surface area contributed by atoms with Gasteiger partial charge in [-0.1, -0.05) is 22.6 Å². The number of aryl methyl sites for hydroxylation is 1. The van der Waals surface area contributed by atoms with Gasteiger partial charge in [0.2, 0.25) is 0 Å². The molecular formula is C12H15IO3. The van der Waals surface area contributed by atoms with E-state index >= 15 is 0 Å². The summed E-state index contributed by atoms with van der Waals surface area (Å²) in [6, 6.07) is 1.63. The Morgan fingerprint density at radius 1 is 1.50 bits per heavy atom. The Morgan fingerprint density at radius 2 is 2.12 bits per heavy atom. The standard InChI is InChI=1S/C12H15IO3/c1-7-6-10(14)11(12(15)16-3)8(2)9(7)4-5-13/h6,14H,4-5H2,1-3H3. The number of rotatable bonds is 3. The molecule has 4 heteroatoms. The minimum absolute atomic E-state index is 0.000872. The molecule has 0 bridgehead atoms. The van der Waals surface area contributed by atoms with Crippen LogP contribution in [0.5, 0.6) is 5.75 Å². The number of carbonyl (C=O) groups is 1. The van der Waals surface area contributed by atoms with Crippen molar-refractivity contribution in [3.8, 4) is 5.75 Å². The first-order valence-electron chi connectivity index (χ1n) is 4.99. The molecule has 1 rings (SSSR count). The van der Waals surface area contributed by atoms with Crippen molar-refractivity contribution >= 4 is 28.6 Å². The van der Waals surface area contributed by atoms with E-state index in [1.807, 2.05) is 13.8 Å². The monoisotopic (exact) mass is 334 g/mol. The predicted molar refractivity (Wildman–Crippen MR) is 71.5 cm³/mol. The van der Waals surface area contributed by atoms with Crippen molar-refractivity contribution in [2.24, 2.45) is 0 Å². The highest BCUT2D eigenvalue weighted by Gasteiger charge is 2.18. The van der Waals surface area contributed by atoms with Gasteiger partial charge in [-0.2, -0.15) is 0 Å². The number of methoxy groups -OCH3 is 1. The third kappa shape index (κ3) is 2.48. The number of benzene rings is 1. The van der Waals surface area contributed by atoms with Crippen LogP contribution in [0.25, 0.3) is 0 Å². The zero-order valence-corrected chi connectivity index (χ0v) is 11.8. The van der Waals surface area contributed by atoms with Gasteiger partial charge in [-0.25, -0.2) is 4.79 Å². The number of halogens is 1. The van der Waals surface area contributed by atoms with E-state index in [2.05, 4.69) is 27.3 Å². The van der Waals surface area contributed by atoms with E-state index in [9.17, 15) is 9.90 Å². The van der Waals surface area contributed by atoms with Gasteiger partial charge in [0.15, 0.2) is 0 Å². The maximum absolute atomic E-state index is 11.5. The van der Waals surface area contributed by atoms with Gasteiger partial charge < -0.3 is 9.84 Å². The Balaban J connectivity index is 3.38. The van der Waals surface area contributed by atoms with Crippen molar-refractivity contribution in [1.29, 1.82) is 0 Å². The quantitative estimate of drug-likeness (QED) is 0.525. The van der Waals surface area contributed by atoms with Gasteiger partial charge in [0, 0.05) is 4.43 Å². The highest BCUT2D eigenvalue weighted by atomic mass is 127. The summed E-state index contributed by atoms with van der Waals surface area (Å²) in [6.45, 7) is 3.79. The van der Waals surface area contributed by atoms with Gasteiger partial charge in [0.25, 0.3) is 0 Å². The number of phenols is 1. The molecular weight excluding hydrogens is 319 g/mol. The van der Waals surface area contributed by atoms with Gasteiger partial charge in [-0.05, 0) is 43.0 Å². The number of hydrogen-bond acceptors (Lipinski definition) is 3. The molecule has 0 unspecified atom stereocenters. The van der Waals surface area contributed by atoms with E-state index < -0.39 is 5.97 Å². The summed E-state index contributed by atoms with van der Waals surface area (Å²) in [7, 11) is 1.32. The van der Waals surface area contributed by atoms with Crippen LogP contribution in [-0.4, -0.2) is 22.6 Å². The first-order valence-corrected chi connectivity index (χ1v) is 6.51. The van der Waals surface area contributed by atoms with Crippen LogP contribution in [0.2, 0.25) is 0 Å². The fourth-order valence-electron chi connectivity index (χ4n) is 1.84. The van der Waals surface area contributed by atoms with Crippen LogP contribution in [-0.2, 0) is 11.2 Å². The van der Waals surface area contributed by atoms with Crippen molar-refractivity contribution in [2.75, 3.05) is 11.5 Å². The molecule has 0 aliphatic carbocycles. The SMILES string of the molecule is COC(=O)c1c(O)cc(C)c(CCI)c1C. The first-order chi connectivity index (χ1) is 7.52.